The van der Waals surface area contributed by atoms with Crippen molar-refractivity contribution in [1.82, 2.24) is 14.9 Å². The second-order valence-corrected chi connectivity index (χ2v) is 5.82. The van der Waals surface area contributed by atoms with E-state index in [0.717, 1.165) is 25.3 Å². The molecule has 1 saturated heterocycles. The highest BCUT2D eigenvalue weighted by molar-refractivity contribution is 5.51. The van der Waals surface area contributed by atoms with Gasteiger partial charge in [-0.3, -0.25) is 4.90 Å². The Morgan fingerprint density at radius 3 is 3.00 bits per heavy atom. The molecule has 0 aliphatic carbocycles. The van der Waals surface area contributed by atoms with E-state index in [2.05, 4.69) is 27.1 Å². The minimum absolute atomic E-state index is 0.412. The van der Waals surface area contributed by atoms with Gasteiger partial charge in [-0.1, -0.05) is 13.3 Å². The van der Waals surface area contributed by atoms with Gasteiger partial charge in [-0.25, -0.2) is 4.98 Å². The summed E-state index contributed by atoms with van der Waals surface area (Å²) in [6.07, 6.45) is 7.25. The lowest BCUT2D eigenvalue weighted by Crippen LogP contribution is -2.34. The van der Waals surface area contributed by atoms with Gasteiger partial charge in [0.05, 0.1) is 11.7 Å². The van der Waals surface area contributed by atoms with E-state index in [4.69, 9.17) is 5.73 Å². The van der Waals surface area contributed by atoms with Crippen molar-refractivity contribution in [2.75, 3.05) is 30.7 Å². The lowest BCUT2D eigenvalue weighted by molar-refractivity contribution is 0.153. The van der Waals surface area contributed by atoms with Crippen LogP contribution in [0.1, 0.15) is 56.3 Å². The highest BCUT2D eigenvalue weighted by Gasteiger charge is 2.28. The standard InChI is InChI=1S/C15H25N5/c1-2-20-10-6-4-8-12(20)13-11-7-3-5-9-17-14(11)19-15(16)18-13/h12H,2-10H2,1H3,(H3,16,17,18,19). The fraction of sp³-hybridized carbons (Fsp3) is 0.733. The van der Waals surface area contributed by atoms with Gasteiger partial charge < -0.3 is 11.1 Å². The van der Waals surface area contributed by atoms with Gasteiger partial charge in [0.1, 0.15) is 5.82 Å². The van der Waals surface area contributed by atoms with E-state index in [1.807, 2.05) is 0 Å². The average molecular weight is 275 g/mol. The Morgan fingerprint density at radius 2 is 2.15 bits per heavy atom. The molecule has 0 spiro atoms. The summed E-state index contributed by atoms with van der Waals surface area (Å²) in [5.41, 5.74) is 8.44. The minimum Gasteiger partial charge on any atom is -0.370 e. The monoisotopic (exact) mass is 275 g/mol. The van der Waals surface area contributed by atoms with Crippen molar-refractivity contribution in [3.05, 3.63) is 11.3 Å². The number of nitrogens with zero attached hydrogens (tertiary/aromatic N) is 3. The van der Waals surface area contributed by atoms with Crippen molar-refractivity contribution in [2.45, 2.75) is 51.5 Å². The van der Waals surface area contributed by atoms with Gasteiger partial charge in [-0.15, -0.1) is 0 Å². The molecule has 1 aromatic rings. The molecule has 5 heteroatoms. The number of piperidine rings is 1. The molecule has 0 aromatic carbocycles. The van der Waals surface area contributed by atoms with Crippen molar-refractivity contribution >= 4 is 11.8 Å². The first-order chi connectivity index (χ1) is 9.79. The van der Waals surface area contributed by atoms with Crippen molar-refractivity contribution in [2.24, 2.45) is 0 Å². The molecule has 1 aromatic heterocycles. The number of hydrogen-bond acceptors (Lipinski definition) is 5. The number of aromatic nitrogens is 2. The molecule has 0 amide bonds. The van der Waals surface area contributed by atoms with E-state index in [1.165, 1.54) is 49.9 Å². The average Bonchev–Trinajstić information content (AvgIpc) is 2.71. The molecule has 3 N–H and O–H groups in total. The molecule has 0 saturated carbocycles. The van der Waals surface area contributed by atoms with Crippen LogP contribution in [0.3, 0.4) is 0 Å². The number of likely N-dealkylation sites (tertiary alicyclic amines) is 1. The third-order valence-electron chi connectivity index (χ3n) is 4.54. The third kappa shape index (κ3) is 2.59. The van der Waals surface area contributed by atoms with Crippen LogP contribution >= 0.6 is 0 Å². The molecule has 1 fully saturated rings. The van der Waals surface area contributed by atoms with Crippen LogP contribution < -0.4 is 11.1 Å². The number of fused-ring (bicyclic) bond motifs is 1. The molecule has 2 aliphatic heterocycles. The van der Waals surface area contributed by atoms with E-state index in [-0.39, 0.29) is 0 Å². The maximum atomic E-state index is 5.95. The quantitative estimate of drug-likeness (QED) is 0.867. The Hall–Kier alpha value is -1.36. The zero-order valence-corrected chi connectivity index (χ0v) is 12.4. The van der Waals surface area contributed by atoms with Crippen LogP contribution in [0.5, 0.6) is 0 Å². The number of nitrogens with one attached hydrogen (secondary N) is 1. The fourth-order valence-electron chi connectivity index (χ4n) is 3.50. The highest BCUT2D eigenvalue weighted by atomic mass is 15.2. The molecule has 2 aliphatic rings. The number of nitrogen functional groups attached to an aromatic ring is 1. The van der Waals surface area contributed by atoms with Crippen LogP contribution in [0.25, 0.3) is 0 Å². The van der Waals surface area contributed by atoms with E-state index in [9.17, 15) is 0 Å². The first-order valence-electron chi connectivity index (χ1n) is 7.93. The molecular formula is C15H25N5. The van der Waals surface area contributed by atoms with E-state index in [1.54, 1.807) is 0 Å². The van der Waals surface area contributed by atoms with Gasteiger partial charge in [-0.05, 0) is 45.2 Å². The smallest absolute Gasteiger partial charge is 0.222 e. The lowest BCUT2D eigenvalue weighted by Gasteiger charge is -2.35. The van der Waals surface area contributed by atoms with Crippen LogP contribution in [0.15, 0.2) is 0 Å². The van der Waals surface area contributed by atoms with Crippen molar-refractivity contribution < 1.29 is 0 Å². The highest BCUT2D eigenvalue weighted by Crippen LogP contribution is 2.35. The predicted octanol–water partition coefficient (Wildman–Crippen LogP) is 2.35. The summed E-state index contributed by atoms with van der Waals surface area (Å²) in [4.78, 5) is 11.6. The van der Waals surface area contributed by atoms with Crippen LogP contribution in [-0.2, 0) is 6.42 Å². The lowest BCUT2D eigenvalue weighted by atomic mass is 9.94. The van der Waals surface area contributed by atoms with E-state index >= 15 is 0 Å². The molecule has 1 unspecified atom stereocenters. The van der Waals surface area contributed by atoms with Crippen molar-refractivity contribution in [3.8, 4) is 0 Å². The van der Waals surface area contributed by atoms with Crippen LogP contribution in [0.4, 0.5) is 11.8 Å². The molecule has 110 valence electrons. The molecular weight excluding hydrogens is 250 g/mol. The molecule has 3 rings (SSSR count). The Kier molecular flexibility index (Phi) is 4.05. The van der Waals surface area contributed by atoms with Gasteiger partial charge in [0.2, 0.25) is 5.95 Å². The SMILES string of the molecule is CCN1CCCCC1c1nc(N)nc2c1CCCCN2. The van der Waals surface area contributed by atoms with Crippen LogP contribution in [-0.4, -0.2) is 34.5 Å². The number of nitrogens with two attached hydrogens (primary N) is 1. The Balaban J connectivity index is 2.00. The Morgan fingerprint density at radius 1 is 1.25 bits per heavy atom. The molecule has 1 atom stereocenters. The van der Waals surface area contributed by atoms with Crippen molar-refractivity contribution in [3.63, 3.8) is 0 Å². The topological polar surface area (TPSA) is 67.1 Å². The second kappa shape index (κ2) is 5.95. The van der Waals surface area contributed by atoms with Gasteiger partial charge in [0, 0.05) is 12.1 Å². The van der Waals surface area contributed by atoms with Crippen LogP contribution in [0.2, 0.25) is 0 Å². The van der Waals surface area contributed by atoms with E-state index < -0.39 is 0 Å². The summed E-state index contributed by atoms with van der Waals surface area (Å²) in [5, 5.41) is 3.43. The maximum absolute atomic E-state index is 5.95. The van der Waals surface area contributed by atoms with Gasteiger partial charge in [0.25, 0.3) is 0 Å². The van der Waals surface area contributed by atoms with Crippen molar-refractivity contribution in [1.29, 1.82) is 0 Å². The normalized spacial score (nSPS) is 23.8. The summed E-state index contributed by atoms with van der Waals surface area (Å²) in [7, 11) is 0. The predicted molar refractivity (Wildman–Crippen MR) is 81.7 cm³/mol. The summed E-state index contributed by atoms with van der Waals surface area (Å²) in [6, 6.07) is 0.424. The van der Waals surface area contributed by atoms with Crippen LogP contribution in [0, 0.1) is 0 Å². The molecule has 3 heterocycles. The summed E-state index contributed by atoms with van der Waals surface area (Å²) >= 11 is 0. The minimum atomic E-state index is 0.412. The largest absolute Gasteiger partial charge is 0.370 e. The van der Waals surface area contributed by atoms with Gasteiger partial charge in [0.15, 0.2) is 0 Å². The molecule has 5 nitrogen and oxygen atoms in total. The zero-order chi connectivity index (χ0) is 13.9. The Bertz CT molecular complexity index is 474. The van der Waals surface area contributed by atoms with Gasteiger partial charge in [-0.2, -0.15) is 4.98 Å². The molecule has 20 heavy (non-hydrogen) atoms. The molecule has 0 radical (unpaired) electrons. The zero-order valence-electron chi connectivity index (χ0n) is 12.4. The summed E-state index contributed by atoms with van der Waals surface area (Å²) in [5.74, 6) is 1.39. The summed E-state index contributed by atoms with van der Waals surface area (Å²) < 4.78 is 0. The van der Waals surface area contributed by atoms with Gasteiger partial charge >= 0.3 is 0 Å². The Labute approximate surface area is 121 Å². The second-order valence-electron chi connectivity index (χ2n) is 5.82. The van der Waals surface area contributed by atoms with E-state index in [0.29, 0.717) is 12.0 Å². The first kappa shape index (κ1) is 13.6. The fourth-order valence-corrected chi connectivity index (χ4v) is 3.50. The number of anilines is 2. The number of hydrogen-bond donors (Lipinski definition) is 2. The third-order valence-corrected chi connectivity index (χ3v) is 4.54. The first-order valence-corrected chi connectivity index (χ1v) is 7.93. The summed E-state index contributed by atoms with van der Waals surface area (Å²) in [6.45, 7) is 5.48. The number of rotatable bonds is 2. The maximum Gasteiger partial charge on any atom is 0.222 e. The molecule has 0 bridgehead atoms.